The van der Waals surface area contributed by atoms with Gasteiger partial charge in [0.15, 0.2) is 0 Å². The number of carboxylic acid groups (broad SMARTS) is 1. The van der Waals surface area contributed by atoms with Gasteiger partial charge in [0.2, 0.25) is 0 Å². The summed E-state index contributed by atoms with van der Waals surface area (Å²) in [6.07, 6.45) is 1.33. The molecule has 0 bridgehead atoms. The second-order valence-electron chi connectivity index (χ2n) is 3.88. The smallest absolute Gasteiger partial charge is 0.339 e. The van der Waals surface area contributed by atoms with Crippen LogP contribution in [0.4, 0.5) is 10.1 Å². The highest BCUT2D eigenvalue weighted by Gasteiger charge is 2.13. The fraction of sp³-hybridized carbons (Fsp3) is 0.154. The summed E-state index contributed by atoms with van der Waals surface area (Å²) in [5.41, 5.74) is 1.62. The molecule has 0 atom stereocenters. The van der Waals surface area contributed by atoms with Crippen molar-refractivity contribution in [1.82, 2.24) is 0 Å². The molecule has 4 nitrogen and oxygen atoms in total. The summed E-state index contributed by atoms with van der Waals surface area (Å²) in [7, 11) is 0. The molecule has 94 valence electrons. The van der Waals surface area contributed by atoms with Crippen molar-refractivity contribution in [3.8, 4) is 0 Å². The van der Waals surface area contributed by atoms with Crippen LogP contribution >= 0.6 is 0 Å². The van der Waals surface area contributed by atoms with Gasteiger partial charge in [-0.1, -0.05) is 0 Å². The van der Waals surface area contributed by atoms with Crippen LogP contribution in [0.25, 0.3) is 0 Å². The van der Waals surface area contributed by atoms with E-state index in [9.17, 15) is 9.18 Å². The zero-order valence-electron chi connectivity index (χ0n) is 9.74. The van der Waals surface area contributed by atoms with Crippen molar-refractivity contribution in [2.45, 2.75) is 13.5 Å². The Bertz CT molecular complexity index is 577. The molecular formula is C13H12FNO3. The third kappa shape index (κ3) is 2.51. The van der Waals surface area contributed by atoms with Gasteiger partial charge in [0.25, 0.3) is 0 Å². The van der Waals surface area contributed by atoms with E-state index in [2.05, 4.69) is 5.32 Å². The number of nitrogens with one attached hydrogen (secondary N) is 1. The monoisotopic (exact) mass is 249 g/mol. The van der Waals surface area contributed by atoms with E-state index >= 15 is 0 Å². The first-order chi connectivity index (χ1) is 8.58. The molecule has 0 spiro atoms. The number of carboxylic acids is 1. The minimum Gasteiger partial charge on any atom is -0.478 e. The van der Waals surface area contributed by atoms with Crippen LogP contribution in [0.5, 0.6) is 0 Å². The molecule has 0 saturated carbocycles. The average Bonchev–Trinajstić information content (AvgIpc) is 2.76. The van der Waals surface area contributed by atoms with Crippen molar-refractivity contribution in [2.24, 2.45) is 0 Å². The molecule has 5 heteroatoms. The number of aryl methyl sites for hydroxylation is 1. The number of halogens is 1. The Labute approximate surface area is 103 Å². The number of hydrogen-bond donors (Lipinski definition) is 2. The summed E-state index contributed by atoms with van der Waals surface area (Å²) in [6.45, 7) is 2.01. The summed E-state index contributed by atoms with van der Waals surface area (Å²) >= 11 is 0. The maximum Gasteiger partial charge on any atom is 0.339 e. The van der Waals surface area contributed by atoms with Gasteiger partial charge in [-0.15, -0.1) is 0 Å². The zero-order valence-corrected chi connectivity index (χ0v) is 9.74. The van der Waals surface area contributed by atoms with E-state index in [1.807, 2.05) is 0 Å². The lowest BCUT2D eigenvalue weighted by Crippen LogP contribution is -2.05. The molecule has 2 N–H and O–H groups in total. The molecule has 0 aliphatic carbocycles. The first-order valence-corrected chi connectivity index (χ1v) is 5.37. The Morgan fingerprint density at radius 2 is 2.22 bits per heavy atom. The van der Waals surface area contributed by atoms with Gasteiger partial charge in [0.05, 0.1) is 12.8 Å². The van der Waals surface area contributed by atoms with E-state index in [-0.39, 0.29) is 17.9 Å². The molecule has 0 aliphatic rings. The largest absolute Gasteiger partial charge is 0.478 e. The molecule has 0 amide bonds. The van der Waals surface area contributed by atoms with Crippen LogP contribution in [0.15, 0.2) is 34.9 Å². The third-order valence-corrected chi connectivity index (χ3v) is 2.60. The molecule has 0 saturated heterocycles. The Hall–Kier alpha value is -2.30. The van der Waals surface area contributed by atoms with Gasteiger partial charge in [-0.2, -0.15) is 0 Å². The molecule has 0 aliphatic heterocycles. The molecule has 1 aromatic carbocycles. The van der Waals surface area contributed by atoms with E-state index in [0.717, 1.165) is 11.3 Å². The standard InChI is InChI=1S/C13H12FNO3/c1-8-6-9(14)2-3-11(8)15-7-12-10(13(16)17)4-5-18-12/h2-6,15H,7H2,1H3,(H,16,17). The van der Waals surface area contributed by atoms with E-state index in [4.69, 9.17) is 9.52 Å². The first-order valence-electron chi connectivity index (χ1n) is 5.37. The van der Waals surface area contributed by atoms with Crippen molar-refractivity contribution in [3.05, 3.63) is 53.2 Å². The van der Waals surface area contributed by atoms with Crippen LogP contribution in [0.3, 0.4) is 0 Å². The lowest BCUT2D eigenvalue weighted by molar-refractivity contribution is 0.0694. The van der Waals surface area contributed by atoms with Crippen molar-refractivity contribution < 1.29 is 18.7 Å². The van der Waals surface area contributed by atoms with Crippen LogP contribution in [0.2, 0.25) is 0 Å². The number of furan rings is 1. The summed E-state index contributed by atoms with van der Waals surface area (Å²) in [4.78, 5) is 10.9. The summed E-state index contributed by atoms with van der Waals surface area (Å²) in [6, 6.07) is 5.75. The maximum atomic E-state index is 12.9. The van der Waals surface area contributed by atoms with Gasteiger partial charge in [-0.05, 0) is 36.8 Å². The van der Waals surface area contributed by atoms with Gasteiger partial charge in [0, 0.05) is 5.69 Å². The Morgan fingerprint density at radius 1 is 1.44 bits per heavy atom. The summed E-state index contributed by atoms with van der Waals surface area (Å²) in [5, 5.41) is 11.9. The van der Waals surface area contributed by atoms with Crippen molar-refractivity contribution in [1.29, 1.82) is 0 Å². The molecule has 1 heterocycles. The van der Waals surface area contributed by atoms with Crippen molar-refractivity contribution in [3.63, 3.8) is 0 Å². The SMILES string of the molecule is Cc1cc(F)ccc1NCc1occc1C(=O)O. The van der Waals surface area contributed by atoms with Crippen LogP contribution in [-0.2, 0) is 6.54 Å². The van der Waals surface area contributed by atoms with E-state index in [1.54, 1.807) is 13.0 Å². The molecule has 2 rings (SSSR count). The lowest BCUT2D eigenvalue weighted by atomic mass is 10.2. The maximum absolute atomic E-state index is 12.9. The van der Waals surface area contributed by atoms with E-state index in [1.165, 1.54) is 24.5 Å². The Balaban J connectivity index is 2.11. The second-order valence-corrected chi connectivity index (χ2v) is 3.88. The molecule has 0 fully saturated rings. The quantitative estimate of drug-likeness (QED) is 0.874. The van der Waals surface area contributed by atoms with E-state index in [0.29, 0.717) is 5.76 Å². The number of hydrogen-bond acceptors (Lipinski definition) is 3. The number of aromatic carboxylic acids is 1. The lowest BCUT2D eigenvalue weighted by Gasteiger charge is -2.08. The van der Waals surface area contributed by atoms with Gasteiger partial charge < -0.3 is 14.8 Å². The first kappa shape index (κ1) is 12.2. The molecule has 0 radical (unpaired) electrons. The minimum atomic E-state index is -1.03. The highest BCUT2D eigenvalue weighted by Crippen LogP contribution is 2.18. The van der Waals surface area contributed by atoms with Gasteiger partial charge in [-0.3, -0.25) is 0 Å². The van der Waals surface area contributed by atoms with Crippen LogP contribution in [0, 0.1) is 12.7 Å². The fourth-order valence-corrected chi connectivity index (χ4v) is 1.67. The number of carbonyl (C=O) groups is 1. The summed E-state index contributed by atoms with van der Waals surface area (Å²) in [5.74, 6) is -0.995. The van der Waals surface area contributed by atoms with E-state index < -0.39 is 5.97 Å². The predicted octanol–water partition coefficient (Wildman–Crippen LogP) is 3.04. The highest BCUT2D eigenvalue weighted by molar-refractivity contribution is 5.88. The summed E-state index contributed by atoms with van der Waals surface area (Å²) < 4.78 is 18.0. The molecule has 0 unspecified atom stereocenters. The van der Waals surface area contributed by atoms with Crippen molar-refractivity contribution >= 4 is 11.7 Å². The van der Waals surface area contributed by atoms with Crippen LogP contribution in [0.1, 0.15) is 21.7 Å². The normalized spacial score (nSPS) is 10.3. The van der Waals surface area contributed by atoms with Gasteiger partial charge in [-0.25, -0.2) is 9.18 Å². The average molecular weight is 249 g/mol. The Morgan fingerprint density at radius 3 is 2.89 bits per heavy atom. The topological polar surface area (TPSA) is 62.5 Å². The Kier molecular flexibility index (Phi) is 3.32. The van der Waals surface area contributed by atoms with Gasteiger partial charge >= 0.3 is 5.97 Å². The number of anilines is 1. The highest BCUT2D eigenvalue weighted by atomic mass is 19.1. The minimum absolute atomic E-state index is 0.127. The van der Waals surface area contributed by atoms with Crippen LogP contribution < -0.4 is 5.32 Å². The van der Waals surface area contributed by atoms with Crippen LogP contribution in [-0.4, -0.2) is 11.1 Å². The molecular weight excluding hydrogens is 237 g/mol. The third-order valence-electron chi connectivity index (χ3n) is 2.60. The van der Waals surface area contributed by atoms with Gasteiger partial charge in [0.1, 0.15) is 17.1 Å². The second kappa shape index (κ2) is 4.91. The number of rotatable bonds is 4. The van der Waals surface area contributed by atoms with Crippen molar-refractivity contribution in [2.75, 3.05) is 5.32 Å². The molecule has 1 aromatic heterocycles. The fourth-order valence-electron chi connectivity index (χ4n) is 1.67. The molecule has 2 aromatic rings. The zero-order chi connectivity index (χ0) is 13.1. The molecule has 18 heavy (non-hydrogen) atoms. The predicted molar refractivity (Wildman–Crippen MR) is 64.1 cm³/mol. The number of benzene rings is 1.